The van der Waals surface area contributed by atoms with E-state index in [0.29, 0.717) is 16.9 Å². The second kappa shape index (κ2) is 7.52. The molecule has 1 atom stereocenters. The number of hydrogen-bond acceptors (Lipinski definition) is 5. The van der Waals surface area contributed by atoms with E-state index in [9.17, 15) is 9.59 Å². The first-order valence-electron chi connectivity index (χ1n) is 6.99. The minimum absolute atomic E-state index is 0.0411. The van der Waals surface area contributed by atoms with Crippen LogP contribution >= 0.6 is 0 Å². The van der Waals surface area contributed by atoms with Gasteiger partial charge in [0.2, 0.25) is 5.91 Å². The molecule has 1 rings (SSSR count). The molecule has 21 heavy (non-hydrogen) atoms. The molecule has 6 nitrogen and oxygen atoms in total. The average Bonchev–Trinajstić information content (AvgIpc) is 2.40. The number of carbonyl (C=O) groups is 2. The fourth-order valence-electron chi connectivity index (χ4n) is 1.80. The number of amides is 1. The molecule has 6 heteroatoms. The van der Waals surface area contributed by atoms with Crippen molar-refractivity contribution in [3.05, 3.63) is 23.8 Å². The Labute approximate surface area is 125 Å². The van der Waals surface area contributed by atoms with Crippen molar-refractivity contribution < 1.29 is 14.3 Å². The van der Waals surface area contributed by atoms with Crippen LogP contribution in [0.5, 0.6) is 0 Å². The van der Waals surface area contributed by atoms with Crippen LogP contribution in [0.2, 0.25) is 0 Å². The number of nitrogens with two attached hydrogens (primary N) is 1. The van der Waals surface area contributed by atoms with E-state index in [4.69, 9.17) is 10.5 Å². The number of nitrogen functional groups attached to an aromatic ring is 1. The van der Waals surface area contributed by atoms with Gasteiger partial charge in [-0.25, -0.2) is 4.79 Å². The van der Waals surface area contributed by atoms with Crippen LogP contribution in [0.15, 0.2) is 18.2 Å². The third-order valence-corrected chi connectivity index (χ3v) is 2.78. The average molecular weight is 293 g/mol. The first kappa shape index (κ1) is 16.8. The van der Waals surface area contributed by atoms with E-state index in [1.54, 1.807) is 32.0 Å². The topological polar surface area (TPSA) is 93.4 Å². The largest absolute Gasteiger partial charge is 0.462 e. The second-order valence-electron chi connectivity index (χ2n) is 5.02. The molecule has 0 saturated carbocycles. The van der Waals surface area contributed by atoms with Crippen LogP contribution in [-0.2, 0) is 9.53 Å². The predicted molar refractivity (Wildman–Crippen MR) is 83.2 cm³/mol. The lowest BCUT2D eigenvalue weighted by molar-refractivity contribution is -0.122. The number of para-hydroxylation sites is 1. The zero-order chi connectivity index (χ0) is 16.0. The van der Waals surface area contributed by atoms with Gasteiger partial charge >= 0.3 is 5.97 Å². The van der Waals surface area contributed by atoms with Crippen LogP contribution in [0.25, 0.3) is 0 Å². The van der Waals surface area contributed by atoms with E-state index < -0.39 is 12.0 Å². The van der Waals surface area contributed by atoms with Crippen LogP contribution in [0.3, 0.4) is 0 Å². The molecule has 4 N–H and O–H groups in total. The van der Waals surface area contributed by atoms with Gasteiger partial charge in [-0.1, -0.05) is 6.07 Å². The van der Waals surface area contributed by atoms with Crippen molar-refractivity contribution in [3.63, 3.8) is 0 Å². The second-order valence-corrected chi connectivity index (χ2v) is 5.02. The zero-order valence-corrected chi connectivity index (χ0v) is 12.9. The molecule has 0 aromatic heterocycles. The van der Waals surface area contributed by atoms with E-state index >= 15 is 0 Å². The van der Waals surface area contributed by atoms with Crippen molar-refractivity contribution >= 4 is 23.3 Å². The highest BCUT2D eigenvalue weighted by Gasteiger charge is 2.19. The molecular formula is C15H23N3O3. The van der Waals surface area contributed by atoms with Crippen LogP contribution in [0, 0.1) is 0 Å². The number of hydrogen-bond donors (Lipinski definition) is 3. The van der Waals surface area contributed by atoms with E-state index in [-0.39, 0.29) is 18.6 Å². The Balaban J connectivity index is 2.96. The summed E-state index contributed by atoms with van der Waals surface area (Å²) in [4.78, 5) is 23.9. The van der Waals surface area contributed by atoms with E-state index in [2.05, 4.69) is 10.6 Å². The van der Waals surface area contributed by atoms with E-state index in [1.807, 2.05) is 13.8 Å². The summed E-state index contributed by atoms with van der Waals surface area (Å²) in [6.07, 6.45) is 0. The molecular weight excluding hydrogens is 270 g/mol. The van der Waals surface area contributed by atoms with Crippen LogP contribution in [-0.4, -0.2) is 30.6 Å². The van der Waals surface area contributed by atoms with Crippen LogP contribution in [0.1, 0.15) is 38.1 Å². The van der Waals surface area contributed by atoms with Gasteiger partial charge in [-0.05, 0) is 39.8 Å². The molecule has 1 amide bonds. The minimum atomic E-state index is -0.523. The van der Waals surface area contributed by atoms with Gasteiger partial charge in [0, 0.05) is 6.04 Å². The highest BCUT2D eigenvalue weighted by molar-refractivity contribution is 6.00. The molecule has 0 spiro atoms. The minimum Gasteiger partial charge on any atom is -0.462 e. The van der Waals surface area contributed by atoms with E-state index in [0.717, 1.165) is 0 Å². The van der Waals surface area contributed by atoms with Gasteiger partial charge in [0.15, 0.2) is 0 Å². The normalized spacial score (nSPS) is 11.9. The van der Waals surface area contributed by atoms with Crippen molar-refractivity contribution in [1.29, 1.82) is 0 Å². The number of anilines is 2. The van der Waals surface area contributed by atoms with Gasteiger partial charge in [-0.2, -0.15) is 0 Å². The first-order chi connectivity index (χ1) is 9.86. The monoisotopic (exact) mass is 293 g/mol. The summed E-state index contributed by atoms with van der Waals surface area (Å²) in [7, 11) is 0. The third kappa shape index (κ3) is 4.66. The third-order valence-electron chi connectivity index (χ3n) is 2.78. The number of nitrogens with one attached hydrogen (secondary N) is 2. The number of benzene rings is 1. The summed E-state index contributed by atoms with van der Waals surface area (Å²) < 4.78 is 5.00. The fraction of sp³-hybridized carbons (Fsp3) is 0.467. The number of rotatable bonds is 6. The van der Waals surface area contributed by atoms with Crippen molar-refractivity contribution in [2.24, 2.45) is 0 Å². The Kier molecular flexibility index (Phi) is 6.02. The van der Waals surface area contributed by atoms with Gasteiger partial charge in [-0.3, -0.25) is 4.79 Å². The molecule has 116 valence electrons. The quantitative estimate of drug-likeness (QED) is 0.549. The van der Waals surface area contributed by atoms with Gasteiger partial charge in [-0.15, -0.1) is 0 Å². The Morgan fingerprint density at radius 3 is 2.52 bits per heavy atom. The van der Waals surface area contributed by atoms with Crippen molar-refractivity contribution in [1.82, 2.24) is 5.32 Å². The molecule has 0 radical (unpaired) electrons. The van der Waals surface area contributed by atoms with Crippen LogP contribution in [0.4, 0.5) is 11.4 Å². The Morgan fingerprint density at radius 2 is 1.95 bits per heavy atom. The van der Waals surface area contributed by atoms with Crippen LogP contribution < -0.4 is 16.4 Å². The smallest absolute Gasteiger partial charge is 0.340 e. The van der Waals surface area contributed by atoms with Crippen molar-refractivity contribution in [3.8, 4) is 0 Å². The molecule has 0 aliphatic rings. The molecule has 0 aliphatic heterocycles. The number of esters is 1. The lowest BCUT2D eigenvalue weighted by Crippen LogP contribution is -2.41. The molecule has 0 aliphatic carbocycles. The maximum atomic E-state index is 11.9. The molecule has 1 unspecified atom stereocenters. The Bertz CT molecular complexity index is 515. The lowest BCUT2D eigenvalue weighted by Gasteiger charge is -2.20. The van der Waals surface area contributed by atoms with Crippen molar-refractivity contribution in [2.45, 2.75) is 39.8 Å². The van der Waals surface area contributed by atoms with Crippen molar-refractivity contribution in [2.75, 3.05) is 17.7 Å². The maximum absolute atomic E-state index is 11.9. The summed E-state index contributed by atoms with van der Waals surface area (Å²) in [6.45, 7) is 7.47. The summed E-state index contributed by atoms with van der Waals surface area (Å²) >= 11 is 0. The number of ether oxygens (including phenoxy) is 1. The molecule has 1 aromatic carbocycles. The highest BCUT2D eigenvalue weighted by Crippen LogP contribution is 2.25. The Hall–Kier alpha value is -2.24. The summed E-state index contributed by atoms with van der Waals surface area (Å²) in [5.74, 6) is -0.633. The summed E-state index contributed by atoms with van der Waals surface area (Å²) in [6, 6.07) is 4.47. The predicted octanol–water partition coefficient (Wildman–Crippen LogP) is 1.77. The molecule has 0 bridgehead atoms. The maximum Gasteiger partial charge on any atom is 0.340 e. The van der Waals surface area contributed by atoms with Gasteiger partial charge in [0.25, 0.3) is 0 Å². The number of carbonyl (C=O) groups excluding carboxylic acids is 2. The van der Waals surface area contributed by atoms with E-state index in [1.165, 1.54) is 0 Å². The highest BCUT2D eigenvalue weighted by atomic mass is 16.5. The molecule has 1 aromatic rings. The Morgan fingerprint density at radius 1 is 1.29 bits per heavy atom. The van der Waals surface area contributed by atoms with Gasteiger partial charge in [0.05, 0.1) is 23.5 Å². The fourth-order valence-corrected chi connectivity index (χ4v) is 1.80. The summed E-state index contributed by atoms with van der Waals surface area (Å²) in [5.41, 5.74) is 7.04. The molecule has 0 saturated heterocycles. The molecule has 0 fully saturated rings. The molecule has 0 heterocycles. The summed E-state index contributed by atoms with van der Waals surface area (Å²) in [5, 5.41) is 5.78. The van der Waals surface area contributed by atoms with Gasteiger partial charge < -0.3 is 21.1 Å². The standard InChI is InChI=1S/C15H23N3O3/c1-5-21-15(20)11-7-6-8-12(16)13(11)18-10(4)14(19)17-9(2)3/h6-10,18H,5,16H2,1-4H3,(H,17,19). The lowest BCUT2D eigenvalue weighted by atomic mass is 10.1. The first-order valence-corrected chi connectivity index (χ1v) is 6.99. The SMILES string of the molecule is CCOC(=O)c1cccc(N)c1NC(C)C(=O)NC(C)C. The zero-order valence-electron chi connectivity index (χ0n) is 12.9. The van der Waals surface area contributed by atoms with Gasteiger partial charge in [0.1, 0.15) is 6.04 Å².